The molecule has 1 aromatic heterocycles. The first-order valence-electron chi connectivity index (χ1n) is 10.2. The molecular formula is C25H24N4O3. The molecule has 7 heteroatoms. The zero-order chi connectivity index (χ0) is 22.3. The molecule has 0 unspecified atom stereocenters. The summed E-state index contributed by atoms with van der Waals surface area (Å²) in [7, 11) is 1.58. The maximum absolute atomic E-state index is 13.1. The van der Waals surface area contributed by atoms with E-state index in [1.165, 1.54) is 0 Å². The molecule has 0 aliphatic rings. The van der Waals surface area contributed by atoms with Gasteiger partial charge in [-0.05, 0) is 48.0 Å². The van der Waals surface area contributed by atoms with Crippen LogP contribution in [0.4, 0.5) is 16.2 Å². The van der Waals surface area contributed by atoms with Crippen LogP contribution in [0.1, 0.15) is 5.56 Å². The number of carbonyl (C=O) groups is 2. The van der Waals surface area contributed by atoms with Crippen LogP contribution < -0.4 is 20.7 Å². The molecule has 32 heavy (non-hydrogen) atoms. The molecule has 0 saturated heterocycles. The van der Waals surface area contributed by atoms with E-state index in [2.05, 4.69) is 20.9 Å². The lowest BCUT2D eigenvalue weighted by Crippen LogP contribution is -2.46. The first-order valence-corrected chi connectivity index (χ1v) is 10.2. The molecular weight excluding hydrogens is 404 g/mol. The fourth-order valence-electron chi connectivity index (χ4n) is 3.48. The smallest absolute Gasteiger partial charge is 0.319 e. The molecule has 0 spiro atoms. The molecule has 4 aromatic rings. The molecule has 3 amide bonds. The molecule has 0 saturated carbocycles. The van der Waals surface area contributed by atoms with E-state index in [1.54, 1.807) is 43.5 Å². The quantitative estimate of drug-likeness (QED) is 0.348. The van der Waals surface area contributed by atoms with Crippen LogP contribution in [0.25, 0.3) is 10.9 Å². The number of anilines is 2. The monoisotopic (exact) mass is 428 g/mol. The Morgan fingerprint density at radius 2 is 1.56 bits per heavy atom. The number of benzene rings is 3. The fraction of sp³-hybridized carbons (Fsp3) is 0.120. The molecule has 0 aliphatic carbocycles. The van der Waals surface area contributed by atoms with Gasteiger partial charge in [0.15, 0.2) is 0 Å². The lowest BCUT2D eigenvalue weighted by molar-refractivity contribution is -0.117. The van der Waals surface area contributed by atoms with E-state index in [-0.39, 0.29) is 5.91 Å². The van der Waals surface area contributed by atoms with Gasteiger partial charge >= 0.3 is 6.03 Å². The summed E-state index contributed by atoms with van der Waals surface area (Å²) in [6.45, 7) is 0. The minimum atomic E-state index is -0.792. The van der Waals surface area contributed by atoms with E-state index < -0.39 is 12.1 Å². The third-order valence-corrected chi connectivity index (χ3v) is 5.11. The van der Waals surface area contributed by atoms with Crippen molar-refractivity contribution in [2.24, 2.45) is 0 Å². The summed E-state index contributed by atoms with van der Waals surface area (Å²) in [5, 5.41) is 9.47. The molecule has 0 fully saturated rings. The van der Waals surface area contributed by atoms with Crippen molar-refractivity contribution in [1.82, 2.24) is 10.3 Å². The lowest BCUT2D eigenvalue weighted by Gasteiger charge is -2.19. The molecule has 1 atom stereocenters. The van der Waals surface area contributed by atoms with E-state index in [1.807, 2.05) is 48.7 Å². The lowest BCUT2D eigenvalue weighted by atomic mass is 10.0. The molecule has 7 nitrogen and oxygen atoms in total. The largest absolute Gasteiger partial charge is 0.497 e. The second-order valence-electron chi connectivity index (χ2n) is 7.30. The predicted octanol–water partition coefficient (Wildman–Crippen LogP) is 4.55. The van der Waals surface area contributed by atoms with Crippen molar-refractivity contribution < 1.29 is 14.3 Å². The SMILES string of the molecule is COc1ccc(NC(=O)[C@@H](Cc2c[nH]c3ccccc23)NC(=O)Nc2ccccc2)cc1. The molecule has 162 valence electrons. The number of amides is 3. The van der Waals surface area contributed by atoms with E-state index in [4.69, 9.17) is 4.74 Å². The maximum Gasteiger partial charge on any atom is 0.319 e. The number of para-hydroxylation sites is 2. The van der Waals surface area contributed by atoms with Gasteiger partial charge in [0.05, 0.1) is 7.11 Å². The number of methoxy groups -OCH3 is 1. The number of carbonyl (C=O) groups excluding carboxylic acids is 2. The summed E-state index contributed by atoms with van der Waals surface area (Å²) >= 11 is 0. The van der Waals surface area contributed by atoms with E-state index in [0.717, 1.165) is 16.5 Å². The third kappa shape index (κ3) is 5.07. The molecule has 0 bridgehead atoms. The summed E-state index contributed by atoms with van der Waals surface area (Å²) in [5.41, 5.74) is 3.18. The Morgan fingerprint density at radius 1 is 0.875 bits per heavy atom. The molecule has 3 aromatic carbocycles. The first-order chi connectivity index (χ1) is 15.6. The highest BCUT2D eigenvalue weighted by Gasteiger charge is 2.23. The summed E-state index contributed by atoms with van der Waals surface area (Å²) in [5.74, 6) is 0.377. The number of rotatable bonds is 7. The van der Waals surface area contributed by atoms with Crippen molar-refractivity contribution in [3.8, 4) is 5.75 Å². The average molecular weight is 428 g/mol. The number of ether oxygens (including phenoxy) is 1. The van der Waals surface area contributed by atoms with E-state index >= 15 is 0 Å². The maximum atomic E-state index is 13.1. The van der Waals surface area contributed by atoms with Crippen LogP contribution in [-0.2, 0) is 11.2 Å². The van der Waals surface area contributed by atoms with Gasteiger partial charge in [-0.3, -0.25) is 4.79 Å². The summed E-state index contributed by atoms with van der Waals surface area (Å²) in [6.07, 6.45) is 2.20. The standard InChI is InChI=1S/C25H24N4O3/c1-32-20-13-11-19(12-14-20)27-24(30)23(29-25(31)28-18-7-3-2-4-8-18)15-17-16-26-22-10-6-5-9-21(17)22/h2-14,16,23,26H,15H2,1H3,(H,27,30)(H2,28,29,31)/t23-/m1/s1. The average Bonchev–Trinajstić information content (AvgIpc) is 3.22. The van der Waals surface area contributed by atoms with Gasteiger partial charge in [-0.2, -0.15) is 0 Å². The first kappa shape index (κ1) is 21.0. The Labute approximate surface area is 185 Å². The zero-order valence-corrected chi connectivity index (χ0v) is 17.6. The highest BCUT2D eigenvalue weighted by atomic mass is 16.5. The van der Waals surface area contributed by atoms with Crippen LogP contribution in [0.15, 0.2) is 85.1 Å². The van der Waals surface area contributed by atoms with Crippen molar-refractivity contribution in [3.63, 3.8) is 0 Å². The Balaban J connectivity index is 1.53. The number of nitrogens with one attached hydrogen (secondary N) is 4. The summed E-state index contributed by atoms with van der Waals surface area (Å²) in [4.78, 5) is 29.0. The van der Waals surface area contributed by atoms with Gasteiger partial charge in [0, 0.05) is 34.9 Å². The third-order valence-electron chi connectivity index (χ3n) is 5.11. The number of hydrogen-bond donors (Lipinski definition) is 4. The molecule has 0 radical (unpaired) electrons. The predicted molar refractivity (Wildman–Crippen MR) is 126 cm³/mol. The van der Waals surface area contributed by atoms with Gasteiger partial charge in [-0.25, -0.2) is 4.79 Å². The van der Waals surface area contributed by atoms with Crippen LogP contribution in [0.5, 0.6) is 5.75 Å². The Morgan fingerprint density at radius 3 is 2.31 bits per heavy atom. The van der Waals surface area contributed by atoms with Crippen LogP contribution in [0, 0.1) is 0 Å². The molecule has 4 N–H and O–H groups in total. The summed E-state index contributed by atoms with van der Waals surface area (Å²) < 4.78 is 5.16. The highest BCUT2D eigenvalue weighted by Crippen LogP contribution is 2.20. The Bertz CT molecular complexity index is 1200. The normalized spacial score (nSPS) is 11.5. The van der Waals surface area contributed by atoms with Gasteiger partial charge in [0.25, 0.3) is 0 Å². The second-order valence-corrected chi connectivity index (χ2v) is 7.30. The van der Waals surface area contributed by atoms with Crippen molar-refractivity contribution in [1.29, 1.82) is 0 Å². The van der Waals surface area contributed by atoms with Crippen molar-refractivity contribution in [2.75, 3.05) is 17.7 Å². The minimum Gasteiger partial charge on any atom is -0.497 e. The minimum absolute atomic E-state index is 0.316. The van der Waals surface area contributed by atoms with E-state index in [9.17, 15) is 9.59 Å². The Hall–Kier alpha value is -4.26. The van der Waals surface area contributed by atoms with Crippen molar-refractivity contribution in [3.05, 3.63) is 90.6 Å². The molecule has 0 aliphatic heterocycles. The topological polar surface area (TPSA) is 95.2 Å². The number of aromatic nitrogens is 1. The number of urea groups is 1. The van der Waals surface area contributed by atoms with Crippen LogP contribution in [0.2, 0.25) is 0 Å². The molecule has 1 heterocycles. The van der Waals surface area contributed by atoms with E-state index in [0.29, 0.717) is 23.5 Å². The molecule has 4 rings (SSSR count). The van der Waals surface area contributed by atoms with Gasteiger partial charge in [0.1, 0.15) is 11.8 Å². The van der Waals surface area contributed by atoms with Gasteiger partial charge in [-0.15, -0.1) is 0 Å². The highest BCUT2D eigenvalue weighted by molar-refractivity contribution is 5.99. The van der Waals surface area contributed by atoms with Crippen LogP contribution >= 0.6 is 0 Å². The number of fused-ring (bicyclic) bond motifs is 1. The number of aromatic amines is 1. The second kappa shape index (κ2) is 9.70. The van der Waals surface area contributed by atoms with Crippen LogP contribution in [-0.4, -0.2) is 30.1 Å². The van der Waals surface area contributed by atoms with Gasteiger partial charge in [-0.1, -0.05) is 36.4 Å². The Kier molecular flexibility index (Phi) is 6.36. The van der Waals surface area contributed by atoms with Gasteiger partial charge in [0.2, 0.25) is 5.91 Å². The van der Waals surface area contributed by atoms with Gasteiger partial charge < -0.3 is 25.7 Å². The summed E-state index contributed by atoms with van der Waals surface area (Å²) in [6, 6.07) is 22.7. The fourth-order valence-corrected chi connectivity index (χ4v) is 3.48. The van der Waals surface area contributed by atoms with Crippen molar-refractivity contribution in [2.45, 2.75) is 12.5 Å². The van der Waals surface area contributed by atoms with Crippen LogP contribution in [0.3, 0.4) is 0 Å². The van der Waals surface area contributed by atoms with Crippen molar-refractivity contribution >= 4 is 34.2 Å². The number of hydrogen-bond acceptors (Lipinski definition) is 3. The zero-order valence-electron chi connectivity index (χ0n) is 17.6. The number of H-pyrrole nitrogens is 1.